The van der Waals surface area contributed by atoms with E-state index >= 15 is 0 Å². The zero-order valence-corrected chi connectivity index (χ0v) is 19.1. The maximum absolute atomic E-state index is 4.04. The van der Waals surface area contributed by atoms with Gasteiger partial charge in [-0.15, -0.1) is 6.58 Å². The quantitative estimate of drug-likeness (QED) is 0.220. The van der Waals surface area contributed by atoms with Crippen LogP contribution in [0.5, 0.6) is 0 Å². The highest BCUT2D eigenvalue weighted by atomic mass is 31.2. The fourth-order valence-corrected chi connectivity index (χ4v) is 8.46. The van der Waals surface area contributed by atoms with E-state index in [1.807, 2.05) is 0 Å². The summed E-state index contributed by atoms with van der Waals surface area (Å²) < 4.78 is 0. The van der Waals surface area contributed by atoms with Crippen molar-refractivity contribution >= 4 is 23.2 Å². The fraction of sp³-hybridized carbons (Fsp3) is 0.133. The lowest BCUT2D eigenvalue weighted by atomic mass is 10.1. The van der Waals surface area contributed by atoms with Gasteiger partial charge in [0.2, 0.25) is 0 Å². The Balaban J connectivity index is 1.82. The maximum Gasteiger partial charge on any atom is 0.116 e. The van der Waals surface area contributed by atoms with E-state index in [9.17, 15) is 0 Å². The first-order chi connectivity index (χ1) is 15.2. The van der Waals surface area contributed by atoms with Crippen molar-refractivity contribution in [1.29, 1.82) is 0 Å². The molecule has 0 fully saturated rings. The van der Waals surface area contributed by atoms with Gasteiger partial charge in [0.15, 0.2) is 0 Å². The monoisotopic (exact) mass is 421 g/mol. The summed E-state index contributed by atoms with van der Waals surface area (Å²) in [6, 6.07) is 42.6. The van der Waals surface area contributed by atoms with Crippen molar-refractivity contribution < 1.29 is 0 Å². The Hall–Kier alpha value is -2.95. The molecule has 0 nitrogen and oxygen atoms in total. The summed E-state index contributed by atoms with van der Waals surface area (Å²) >= 11 is 0. The van der Waals surface area contributed by atoms with Crippen LogP contribution in [-0.4, -0.2) is 0 Å². The average molecular weight is 422 g/mol. The van der Waals surface area contributed by atoms with Gasteiger partial charge in [-0.2, -0.15) is 0 Å². The SMILES string of the molecule is C=C(C)CCc1ccc(C[P+](c2ccccc2)(c2ccccc2)c2ccccc2)cc1. The third-order valence-electron chi connectivity index (χ3n) is 5.87. The molecule has 0 atom stereocenters. The van der Waals surface area contributed by atoms with E-state index in [-0.39, 0.29) is 0 Å². The van der Waals surface area contributed by atoms with E-state index in [0.717, 1.165) is 19.0 Å². The van der Waals surface area contributed by atoms with Crippen molar-refractivity contribution in [2.75, 3.05) is 0 Å². The number of aryl methyl sites for hydroxylation is 1. The summed E-state index contributed by atoms with van der Waals surface area (Å²) in [5.74, 6) is 0. The van der Waals surface area contributed by atoms with Crippen molar-refractivity contribution in [3.05, 3.63) is 139 Å². The Morgan fingerprint density at radius 2 is 0.968 bits per heavy atom. The number of hydrogen-bond donors (Lipinski definition) is 0. The molecule has 0 spiro atoms. The van der Waals surface area contributed by atoms with Gasteiger partial charge in [-0.3, -0.25) is 0 Å². The van der Waals surface area contributed by atoms with Gasteiger partial charge < -0.3 is 0 Å². The van der Waals surface area contributed by atoms with E-state index in [4.69, 9.17) is 0 Å². The summed E-state index contributed by atoms with van der Waals surface area (Å²) in [6.07, 6.45) is 3.13. The van der Waals surface area contributed by atoms with Gasteiger partial charge in [0.05, 0.1) is 6.16 Å². The maximum atomic E-state index is 4.04. The standard InChI is InChI=1S/C30H30P/c1-25(2)18-19-26-20-22-27(23-21-26)24-31(28-12-6-3-7-13-28,29-14-8-4-9-15-29)30-16-10-5-11-17-30/h3-17,20-23H,1,18-19,24H2,2H3/q+1. The number of benzene rings is 4. The van der Waals surface area contributed by atoms with Crippen molar-refractivity contribution in [2.45, 2.75) is 25.9 Å². The third-order valence-corrected chi connectivity index (χ3v) is 10.3. The molecular formula is C30H30P+. The van der Waals surface area contributed by atoms with Crippen molar-refractivity contribution in [2.24, 2.45) is 0 Å². The van der Waals surface area contributed by atoms with Crippen LogP contribution in [0.3, 0.4) is 0 Å². The number of hydrogen-bond acceptors (Lipinski definition) is 0. The molecule has 0 unspecified atom stereocenters. The number of rotatable bonds is 8. The van der Waals surface area contributed by atoms with Gasteiger partial charge >= 0.3 is 0 Å². The molecule has 154 valence electrons. The van der Waals surface area contributed by atoms with Crippen LogP contribution >= 0.6 is 7.26 Å². The molecule has 0 radical (unpaired) electrons. The van der Waals surface area contributed by atoms with Crippen LogP contribution in [0, 0.1) is 0 Å². The predicted molar refractivity (Wildman–Crippen MR) is 138 cm³/mol. The topological polar surface area (TPSA) is 0 Å². The van der Waals surface area contributed by atoms with Crippen molar-refractivity contribution in [3.63, 3.8) is 0 Å². The summed E-state index contributed by atoms with van der Waals surface area (Å²) in [7, 11) is -1.84. The Labute approximate surface area is 187 Å². The minimum absolute atomic E-state index is 1.02. The highest BCUT2D eigenvalue weighted by Gasteiger charge is 2.45. The zero-order valence-electron chi connectivity index (χ0n) is 18.2. The largest absolute Gasteiger partial charge is 0.116 e. The molecule has 0 aliphatic heterocycles. The van der Waals surface area contributed by atoms with Gasteiger partial charge in [-0.25, -0.2) is 0 Å². The lowest BCUT2D eigenvalue weighted by molar-refractivity contribution is 0.945. The molecule has 0 aliphatic rings. The Morgan fingerprint density at radius 1 is 0.581 bits per heavy atom. The highest BCUT2D eigenvalue weighted by Crippen LogP contribution is 2.58. The van der Waals surface area contributed by atoms with Crippen molar-refractivity contribution in [1.82, 2.24) is 0 Å². The van der Waals surface area contributed by atoms with E-state index in [1.54, 1.807) is 0 Å². The molecule has 0 saturated carbocycles. The van der Waals surface area contributed by atoms with Gasteiger partial charge in [0.1, 0.15) is 23.2 Å². The minimum atomic E-state index is -1.84. The first-order valence-electron chi connectivity index (χ1n) is 11.0. The average Bonchev–Trinajstić information content (AvgIpc) is 2.83. The van der Waals surface area contributed by atoms with Crippen LogP contribution < -0.4 is 15.9 Å². The fourth-order valence-electron chi connectivity index (χ4n) is 4.21. The van der Waals surface area contributed by atoms with Gasteiger partial charge in [-0.05, 0) is 67.3 Å². The normalized spacial score (nSPS) is 11.3. The molecule has 4 rings (SSSR count). The second-order valence-corrected chi connectivity index (χ2v) is 11.7. The third kappa shape index (κ3) is 4.87. The zero-order chi connectivity index (χ0) is 21.5. The summed E-state index contributed by atoms with van der Waals surface area (Å²) in [5, 5.41) is 4.29. The van der Waals surface area contributed by atoms with E-state index in [2.05, 4.69) is 129 Å². The van der Waals surface area contributed by atoms with Crippen LogP contribution in [-0.2, 0) is 12.6 Å². The molecule has 0 N–H and O–H groups in total. The molecule has 0 amide bonds. The summed E-state index contributed by atoms with van der Waals surface area (Å²) in [4.78, 5) is 0. The van der Waals surface area contributed by atoms with Gasteiger partial charge in [-0.1, -0.05) is 84.4 Å². The predicted octanol–water partition coefficient (Wildman–Crippen LogP) is 6.69. The Morgan fingerprint density at radius 3 is 1.35 bits per heavy atom. The molecule has 4 aromatic rings. The smallest absolute Gasteiger partial charge is 0.100 e. The Bertz CT molecular complexity index is 1000. The highest BCUT2D eigenvalue weighted by molar-refractivity contribution is 7.95. The van der Waals surface area contributed by atoms with Crippen LogP contribution in [0.25, 0.3) is 0 Å². The Kier molecular flexibility index (Phi) is 6.80. The van der Waals surface area contributed by atoms with Crippen molar-refractivity contribution in [3.8, 4) is 0 Å². The molecule has 1 heteroatoms. The van der Waals surface area contributed by atoms with Crippen LogP contribution in [0.1, 0.15) is 24.5 Å². The van der Waals surface area contributed by atoms with Gasteiger partial charge in [0.25, 0.3) is 0 Å². The molecule has 31 heavy (non-hydrogen) atoms. The molecule has 4 aromatic carbocycles. The first-order valence-corrected chi connectivity index (χ1v) is 12.9. The first kappa shape index (κ1) is 21.3. The molecule has 0 bridgehead atoms. The lowest BCUT2D eigenvalue weighted by Crippen LogP contribution is -2.32. The van der Waals surface area contributed by atoms with E-state index < -0.39 is 7.26 Å². The molecular weight excluding hydrogens is 391 g/mol. The second-order valence-electron chi connectivity index (χ2n) is 8.25. The van der Waals surface area contributed by atoms with Crippen LogP contribution in [0.4, 0.5) is 0 Å². The molecule has 0 aliphatic carbocycles. The minimum Gasteiger partial charge on any atom is -0.100 e. The molecule has 0 aromatic heterocycles. The number of allylic oxidation sites excluding steroid dienone is 1. The van der Waals surface area contributed by atoms with E-state index in [0.29, 0.717) is 0 Å². The lowest BCUT2D eigenvalue weighted by Gasteiger charge is -2.28. The van der Waals surface area contributed by atoms with E-state index in [1.165, 1.54) is 32.6 Å². The second kappa shape index (κ2) is 9.90. The van der Waals surface area contributed by atoms with Crippen LogP contribution in [0.15, 0.2) is 127 Å². The van der Waals surface area contributed by atoms with Gasteiger partial charge in [0, 0.05) is 0 Å². The molecule has 0 heterocycles. The summed E-state index contributed by atoms with van der Waals surface area (Å²) in [5.41, 5.74) is 4.02. The summed E-state index contributed by atoms with van der Waals surface area (Å²) in [6.45, 7) is 6.15. The van der Waals surface area contributed by atoms with Crippen LogP contribution in [0.2, 0.25) is 0 Å². The molecule has 0 saturated heterocycles.